The Hall–Kier alpha value is -1.51. The number of benzene rings is 1. The predicted octanol–water partition coefficient (Wildman–Crippen LogP) is -0.723. The van der Waals surface area contributed by atoms with E-state index >= 15 is 0 Å². The van der Waals surface area contributed by atoms with Crippen LogP contribution >= 0.6 is 0 Å². The van der Waals surface area contributed by atoms with Crippen LogP contribution in [0.2, 0.25) is 0 Å². The van der Waals surface area contributed by atoms with Crippen molar-refractivity contribution in [3.05, 3.63) is 35.9 Å². The number of amidine groups is 1. The van der Waals surface area contributed by atoms with Gasteiger partial charge in [-0.2, -0.15) is 0 Å². The summed E-state index contributed by atoms with van der Waals surface area (Å²) in [6.07, 6.45) is 0. The van der Waals surface area contributed by atoms with E-state index < -0.39 is 0 Å². The minimum absolute atomic E-state index is 0.00820. The van der Waals surface area contributed by atoms with Gasteiger partial charge in [0.15, 0.2) is 0 Å². The fourth-order valence-corrected chi connectivity index (χ4v) is 0.741. The van der Waals surface area contributed by atoms with Crippen LogP contribution in [0.5, 0.6) is 0 Å². The zero-order valence-electron chi connectivity index (χ0n) is 6.16. The summed E-state index contributed by atoms with van der Waals surface area (Å²) >= 11 is 0. The van der Waals surface area contributed by atoms with Gasteiger partial charge in [0.05, 0.1) is 0 Å². The van der Waals surface area contributed by atoms with Crippen molar-refractivity contribution in [2.75, 3.05) is 0 Å². The van der Waals surface area contributed by atoms with Crippen molar-refractivity contribution in [2.45, 2.75) is 6.61 Å². The maximum atomic E-state index is 5.11. The standard InChI is InChI=1S/C8H10N2O/c9-8(10)11-6-7-4-2-1-3-5-7/h1-5H,6H2,(H3,9,10)/p+1. The molecule has 0 atom stereocenters. The first kappa shape index (κ1) is 7.60. The molecule has 58 valence electrons. The summed E-state index contributed by atoms with van der Waals surface area (Å²) in [6, 6.07) is 9.72. The first-order valence-electron chi connectivity index (χ1n) is 3.33. The first-order chi connectivity index (χ1) is 5.29. The number of hydrogen-bond acceptors (Lipinski definition) is 1. The van der Waals surface area contributed by atoms with Crippen LogP contribution in [0, 0.1) is 0 Å². The Bertz CT molecular complexity index is 233. The lowest BCUT2D eigenvalue weighted by Crippen LogP contribution is -2.47. The average molecular weight is 151 g/mol. The molecule has 0 heterocycles. The molecule has 0 aliphatic heterocycles. The highest BCUT2D eigenvalue weighted by molar-refractivity contribution is 5.63. The Labute approximate surface area is 65.3 Å². The van der Waals surface area contributed by atoms with Crippen molar-refractivity contribution in [1.82, 2.24) is 0 Å². The van der Waals surface area contributed by atoms with Gasteiger partial charge in [-0.25, -0.2) is 0 Å². The van der Waals surface area contributed by atoms with Gasteiger partial charge in [0, 0.05) is 0 Å². The summed E-state index contributed by atoms with van der Waals surface area (Å²) in [6.45, 7) is 0.434. The summed E-state index contributed by atoms with van der Waals surface area (Å²) in [5, 5.41) is 5.11. The Balaban J connectivity index is 2.45. The fourth-order valence-electron chi connectivity index (χ4n) is 0.741. The molecule has 0 fully saturated rings. The van der Waals surface area contributed by atoms with E-state index in [0.717, 1.165) is 5.56 Å². The lowest BCUT2D eigenvalue weighted by atomic mass is 10.2. The van der Waals surface area contributed by atoms with Crippen LogP contribution in [0.25, 0.3) is 0 Å². The number of ether oxygens (including phenoxy) is 1. The van der Waals surface area contributed by atoms with Gasteiger partial charge in [0.2, 0.25) is 0 Å². The highest BCUT2D eigenvalue weighted by atomic mass is 16.5. The van der Waals surface area contributed by atoms with E-state index in [1.807, 2.05) is 30.3 Å². The molecule has 0 bridgehead atoms. The molecule has 0 aliphatic carbocycles. The van der Waals surface area contributed by atoms with E-state index in [0.29, 0.717) is 6.61 Å². The molecule has 4 N–H and O–H groups in total. The molecule has 1 rings (SSSR count). The summed E-state index contributed by atoms with van der Waals surface area (Å²) in [4.78, 5) is 0. The monoisotopic (exact) mass is 151 g/mol. The van der Waals surface area contributed by atoms with Gasteiger partial charge in [-0.05, 0) is 5.56 Å². The van der Waals surface area contributed by atoms with Crippen molar-refractivity contribution in [3.63, 3.8) is 0 Å². The van der Waals surface area contributed by atoms with Crippen LogP contribution in [0.1, 0.15) is 5.56 Å². The van der Waals surface area contributed by atoms with Crippen molar-refractivity contribution < 1.29 is 10.1 Å². The van der Waals surface area contributed by atoms with Gasteiger partial charge in [-0.15, -0.1) is 0 Å². The molecule has 1 aromatic carbocycles. The zero-order valence-corrected chi connectivity index (χ0v) is 6.16. The largest absolute Gasteiger partial charge is 0.437 e. The Morgan fingerprint density at radius 1 is 1.36 bits per heavy atom. The van der Waals surface area contributed by atoms with Crippen LogP contribution < -0.4 is 11.1 Å². The molecule has 0 spiro atoms. The molecule has 1 aromatic rings. The maximum Gasteiger partial charge on any atom is 0.437 e. The summed E-state index contributed by atoms with van der Waals surface area (Å²) in [5.41, 5.74) is 6.17. The topological polar surface area (TPSA) is 60.8 Å². The van der Waals surface area contributed by atoms with E-state index in [4.69, 9.17) is 15.9 Å². The minimum Gasteiger partial charge on any atom is -0.427 e. The van der Waals surface area contributed by atoms with Crippen LogP contribution in [-0.2, 0) is 11.3 Å². The van der Waals surface area contributed by atoms with Crippen LogP contribution in [0.15, 0.2) is 30.3 Å². The lowest BCUT2D eigenvalue weighted by Gasteiger charge is -1.98. The molecule has 0 aromatic heterocycles. The highest BCUT2D eigenvalue weighted by Gasteiger charge is 1.95. The van der Waals surface area contributed by atoms with Gasteiger partial charge in [-0.3, -0.25) is 11.1 Å². The molecular formula is C8H11N2O+. The Morgan fingerprint density at radius 3 is 2.55 bits per heavy atom. The van der Waals surface area contributed by atoms with Crippen molar-refractivity contribution in [2.24, 2.45) is 5.73 Å². The number of nitrogens with two attached hydrogens (primary N) is 2. The second kappa shape index (κ2) is 3.61. The minimum atomic E-state index is 0.00820. The fraction of sp³-hybridized carbons (Fsp3) is 0.125. The van der Waals surface area contributed by atoms with Gasteiger partial charge >= 0.3 is 6.02 Å². The van der Waals surface area contributed by atoms with E-state index in [1.165, 1.54) is 0 Å². The quantitative estimate of drug-likeness (QED) is 0.432. The molecule has 11 heavy (non-hydrogen) atoms. The second-order valence-electron chi connectivity index (χ2n) is 2.18. The molecule has 0 radical (unpaired) electrons. The normalized spacial score (nSPS) is 9.09. The molecule has 3 nitrogen and oxygen atoms in total. The first-order valence-corrected chi connectivity index (χ1v) is 3.33. The molecule has 0 aliphatic rings. The second-order valence-corrected chi connectivity index (χ2v) is 2.18. The van der Waals surface area contributed by atoms with Crippen LogP contribution in [0.4, 0.5) is 0 Å². The third-order valence-corrected chi connectivity index (χ3v) is 1.25. The molecule has 0 unspecified atom stereocenters. The van der Waals surface area contributed by atoms with Gasteiger partial charge in [-0.1, -0.05) is 30.3 Å². The Morgan fingerprint density at radius 2 is 2.00 bits per heavy atom. The SMILES string of the molecule is NC(=[NH2+])OCc1ccccc1. The molecular weight excluding hydrogens is 140 g/mol. The zero-order chi connectivity index (χ0) is 8.10. The van der Waals surface area contributed by atoms with E-state index in [2.05, 4.69) is 0 Å². The molecule has 0 saturated carbocycles. The Kier molecular flexibility index (Phi) is 2.49. The highest BCUT2D eigenvalue weighted by Crippen LogP contribution is 1.98. The van der Waals surface area contributed by atoms with Crippen LogP contribution in [-0.4, -0.2) is 6.02 Å². The summed E-state index contributed by atoms with van der Waals surface area (Å²) < 4.78 is 4.90. The third kappa shape index (κ3) is 2.71. The van der Waals surface area contributed by atoms with Gasteiger partial charge < -0.3 is 4.74 Å². The van der Waals surface area contributed by atoms with E-state index in [9.17, 15) is 0 Å². The van der Waals surface area contributed by atoms with Crippen molar-refractivity contribution >= 4 is 6.02 Å². The van der Waals surface area contributed by atoms with Crippen LogP contribution in [0.3, 0.4) is 0 Å². The van der Waals surface area contributed by atoms with Crippen molar-refractivity contribution in [3.8, 4) is 0 Å². The molecule has 3 heteroatoms. The number of hydrogen-bond donors (Lipinski definition) is 2. The van der Waals surface area contributed by atoms with Crippen molar-refractivity contribution in [1.29, 1.82) is 0 Å². The smallest absolute Gasteiger partial charge is 0.427 e. The molecule has 0 saturated heterocycles. The predicted molar refractivity (Wildman–Crippen MR) is 42.4 cm³/mol. The third-order valence-electron chi connectivity index (χ3n) is 1.25. The van der Waals surface area contributed by atoms with E-state index in [-0.39, 0.29) is 6.02 Å². The van der Waals surface area contributed by atoms with Gasteiger partial charge in [0.1, 0.15) is 6.61 Å². The van der Waals surface area contributed by atoms with Gasteiger partial charge in [0.25, 0.3) is 0 Å². The molecule has 0 amide bonds. The number of rotatable bonds is 2. The van der Waals surface area contributed by atoms with E-state index in [1.54, 1.807) is 0 Å². The average Bonchev–Trinajstić information content (AvgIpc) is 2.03. The lowest BCUT2D eigenvalue weighted by molar-refractivity contribution is -0.143. The summed E-state index contributed by atoms with van der Waals surface area (Å²) in [7, 11) is 0. The summed E-state index contributed by atoms with van der Waals surface area (Å²) in [5.74, 6) is 0. The maximum absolute atomic E-state index is 5.11.